The Bertz CT molecular complexity index is 394. The average molecular weight is 335 g/mol. The average Bonchev–Trinajstić information content (AvgIpc) is 2.71. The molecule has 0 nitrogen and oxygen atoms in total. The lowest BCUT2D eigenvalue weighted by Gasteiger charge is -2.07. The van der Waals surface area contributed by atoms with E-state index in [2.05, 4.69) is 58.3 Å². The number of rotatable bonds is 2. The molecule has 1 unspecified atom stereocenters. The number of benzene rings is 1. The highest BCUT2D eigenvalue weighted by Crippen LogP contribution is 2.31. The fourth-order valence-electron chi connectivity index (χ4n) is 1.23. The molecule has 0 bridgehead atoms. The molecule has 0 amide bonds. The van der Waals surface area contributed by atoms with Gasteiger partial charge in [0.25, 0.3) is 0 Å². The molecule has 0 N–H and O–H groups in total. The van der Waals surface area contributed by atoms with E-state index in [1.54, 1.807) is 11.3 Å². The highest BCUT2D eigenvalue weighted by atomic mass is 127. The van der Waals surface area contributed by atoms with Gasteiger partial charge in [0, 0.05) is 8.45 Å². The quantitative estimate of drug-likeness (QED) is 0.552. The van der Waals surface area contributed by atoms with E-state index in [-0.39, 0.29) is 5.38 Å². The molecule has 0 saturated heterocycles. The highest BCUT2D eigenvalue weighted by molar-refractivity contribution is 14.1. The maximum Gasteiger partial charge on any atom is 0.0927 e. The van der Waals surface area contributed by atoms with Crippen molar-refractivity contribution < 1.29 is 0 Å². The molecule has 1 aromatic heterocycles. The summed E-state index contributed by atoms with van der Waals surface area (Å²) in [6, 6.07) is 12.4. The number of hydrogen-bond acceptors (Lipinski definition) is 1. The zero-order chi connectivity index (χ0) is 9.97. The maximum atomic E-state index is 6.33. The second-order valence-electron chi connectivity index (χ2n) is 2.93. The zero-order valence-corrected chi connectivity index (χ0v) is 11.0. The lowest BCUT2D eigenvalue weighted by molar-refractivity contribution is 1.18. The molecule has 0 aliphatic rings. The third-order valence-electron chi connectivity index (χ3n) is 1.96. The number of hydrogen-bond donors (Lipinski definition) is 0. The SMILES string of the molecule is ClC(c1ccc(I)cc1)c1cccs1. The van der Waals surface area contributed by atoms with Crippen molar-refractivity contribution in [3.05, 3.63) is 55.8 Å². The minimum atomic E-state index is -0.00741. The molecule has 1 heterocycles. The van der Waals surface area contributed by atoms with Crippen LogP contribution < -0.4 is 0 Å². The third-order valence-corrected chi connectivity index (χ3v) is 4.23. The molecule has 1 aromatic carbocycles. The van der Waals surface area contributed by atoms with Crippen molar-refractivity contribution in [1.82, 2.24) is 0 Å². The standard InChI is InChI=1S/C11H8ClIS/c12-11(10-2-1-7-14-10)8-3-5-9(13)6-4-8/h1-7,11H. The van der Waals surface area contributed by atoms with Crippen LogP contribution in [0.3, 0.4) is 0 Å². The van der Waals surface area contributed by atoms with Gasteiger partial charge in [-0.2, -0.15) is 0 Å². The molecular weight excluding hydrogens is 327 g/mol. The molecule has 0 aliphatic carbocycles. The Morgan fingerprint density at radius 1 is 1.14 bits per heavy atom. The first kappa shape index (κ1) is 10.5. The predicted molar refractivity (Wildman–Crippen MR) is 71.2 cm³/mol. The molecule has 2 aromatic rings. The first-order valence-electron chi connectivity index (χ1n) is 4.20. The fourth-order valence-corrected chi connectivity index (χ4v) is 2.69. The van der Waals surface area contributed by atoms with E-state index < -0.39 is 0 Å². The molecule has 0 spiro atoms. The van der Waals surface area contributed by atoms with E-state index in [0.717, 1.165) is 5.56 Å². The summed E-state index contributed by atoms with van der Waals surface area (Å²) < 4.78 is 1.24. The van der Waals surface area contributed by atoms with Crippen molar-refractivity contribution in [2.75, 3.05) is 0 Å². The summed E-state index contributed by atoms with van der Waals surface area (Å²) in [5.41, 5.74) is 1.16. The van der Waals surface area contributed by atoms with Crippen LogP contribution in [0, 0.1) is 3.57 Å². The molecule has 2 rings (SSSR count). The Labute approximate surface area is 106 Å². The van der Waals surface area contributed by atoms with Crippen LogP contribution in [-0.2, 0) is 0 Å². The molecule has 0 aliphatic heterocycles. The second-order valence-corrected chi connectivity index (χ2v) is 5.59. The monoisotopic (exact) mass is 334 g/mol. The zero-order valence-electron chi connectivity index (χ0n) is 7.28. The summed E-state index contributed by atoms with van der Waals surface area (Å²) >= 11 is 10.3. The minimum Gasteiger partial charge on any atom is -0.147 e. The van der Waals surface area contributed by atoms with Crippen molar-refractivity contribution >= 4 is 45.5 Å². The Balaban J connectivity index is 2.28. The summed E-state index contributed by atoms with van der Waals surface area (Å²) in [5.74, 6) is 0. The van der Waals surface area contributed by atoms with Crippen molar-refractivity contribution in [1.29, 1.82) is 0 Å². The van der Waals surface area contributed by atoms with Crippen LogP contribution in [0.4, 0.5) is 0 Å². The van der Waals surface area contributed by atoms with E-state index in [0.29, 0.717) is 0 Å². The first-order chi connectivity index (χ1) is 6.77. The largest absolute Gasteiger partial charge is 0.147 e. The minimum absolute atomic E-state index is 0.00741. The van der Waals surface area contributed by atoms with Crippen molar-refractivity contribution in [2.24, 2.45) is 0 Å². The first-order valence-corrected chi connectivity index (χ1v) is 6.60. The fraction of sp³-hybridized carbons (Fsp3) is 0.0909. The molecule has 0 saturated carbocycles. The summed E-state index contributed by atoms with van der Waals surface area (Å²) in [6.45, 7) is 0. The third kappa shape index (κ3) is 2.30. The lowest BCUT2D eigenvalue weighted by atomic mass is 10.1. The Kier molecular flexibility index (Phi) is 3.47. The van der Waals surface area contributed by atoms with Gasteiger partial charge < -0.3 is 0 Å². The van der Waals surface area contributed by atoms with Crippen LogP contribution in [0.15, 0.2) is 41.8 Å². The van der Waals surface area contributed by atoms with Gasteiger partial charge in [-0.15, -0.1) is 22.9 Å². The molecule has 72 valence electrons. The number of thiophene rings is 1. The summed E-state index contributed by atoms with van der Waals surface area (Å²) in [6.07, 6.45) is 0. The van der Waals surface area contributed by atoms with Crippen molar-refractivity contribution in [3.63, 3.8) is 0 Å². The van der Waals surface area contributed by atoms with Gasteiger partial charge in [0.2, 0.25) is 0 Å². The second kappa shape index (κ2) is 4.64. The van der Waals surface area contributed by atoms with Gasteiger partial charge in [-0.05, 0) is 51.7 Å². The molecule has 14 heavy (non-hydrogen) atoms. The van der Waals surface area contributed by atoms with Gasteiger partial charge in [0.15, 0.2) is 0 Å². The van der Waals surface area contributed by atoms with Gasteiger partial charge in [-0.3, -0.25) is 0 Å². The smallest absolute Gasteiger partial charge is 0.0927 e. The normalized spacial score (nSPS) is 12.7. The summed E-state index contributed by atoms with van der Waals surface area (Å²) in [4.78, 5) is 1.20. The van der Waals surface area contributed by atoms with Gasteiger partial charge in [-0.25, -0.2) is 0 Å². The van der Waals surface area contributed by atoms with E-state index in [1.165, 1.54) is 8.45 Å². The van der Waals surface area contributed by atoms with Crippen LogP contribution in [-0.4, -0.2) is 0 Å². The van der Waals surface area contributed by atoms with E-state index in [9.17, 15) is 0 Å². The van der Waals surface area contributed by atoms with E-state index >= 15 is 0 Å². The van der Waals surface area contributed by atoms with Crippen molar-refractivity contribution in [3.8, 4) is 0 Å². The van der Waals surface area contributed by atoms with Crippen LogP contribution in [0.2, 0.25) is 0 Å². The molecule has 0 radical (unpaired) electrons. The summed E-state index contributed by atoms with van der Waals surface area (Å²) in [5, 5.41) is 2.05. The Morgan fingerprint density at radius 2 is 1.86 bits per heavy atom. The van der Waals surface area contributed by atoms with E-state index in [1.807, 2.05) is 6.07 Å². The van der Waals surface area contributed by atoms with Gasteiger partial charge in [-0.1, -0.05) is 18.2 Å². The lowest BCUT2D eigenvalue weighted by Crippen LogP contribution is -1.89. The van der Waals surface area contributed by atoms with Gasteiger partial charge in [0.1, 0.15) is 0 Å². The maximum absolute atomic E-state index is 6.33. The number of halogens is 2. The molecule has 0 fully saturated rings. The summed E-state index contributed by atoms with van der Waals surface area (Å²) in [7, 11) is 0. The Morgan fingerprint density at radius 3 is 2.43 bits per heavy atom. The Hall–Kier alpha value is -0.0600. The number of alkyl halides is 1. The predicted octanol–water partition coefficient (Wildman–Crippen LogP) is 4.68. The van der Waals surface area contributed by atoms with Crippen LogP contribution in [0.5, 0.6) is 0 Å². The van der Waals surface area contributed by atoms with Crippen LogP contribution >= 0.6 is 45.5 Å². The van der Waals surface area contributed by atoms with Gasteiger partial charge >= 0.3 is 0 Å². The topological polar surface area (TPSA) is 0 Å². The van der Waals surface area contributed by atoms with Crippen LogP contribution in [0.1, 0.15) is 15.8 Å². The van der Waals surface area contributed by atoms with Crippen molar-refractivity contribution in [2.45, 2.75) is 5.38 Å². The van der Waals surface area contributed by atoms with Crippen LogP contribution in [0.25, 0.3) is 0 Å². The van der Waals surface area contributed by atoms with Gasteiger partial charge in [0.05, 0.1) is 5.38 Å². The van der Waals surface area contributed by atoms with E-state index in [4.69, 9.17) is 11.6 Å². The molecule has 1 atom stereocenters. The highest BCUT2D eigenvalue weighted by Gasteiger charge is 2.10. The molecule has 3 heteroatoms. The molecular formula is C11H8ClIS.